The molecule has 2 unspecified atom stereocenters. The Kier molecular flexibility index (Phi) is 5.32. The number of rotatable bonds is 7. The fourth-order valence-electron chi connectivity index (χ4n) is 4.17. The number of benzene rings is 2. The highest BCUT2D eigenvalue weighted by molar-refractivity contribution is 6.73. The van der Waals surface area contributed by atoms with Crippen molar-refractivity contribution in [3.05, 3.63) is 48.0 Å². The van der Waals surface area contributed by atoms with Crippen LogP contribution in [0, 0.1) is 5.41 Å². The van der Waals surface area contributed by atoms with Crippen LogP contribution < -0.4 is 0 Å². The summed E-state index contributed by atoms with van der Waals surface area (Å²) >= 11 is 0. The second-order valence-electron chi connectivity index (χ2n) is 7.93. The zero-order valence-corrected chi connectivity index (χ0v) is 18.0. The molecule has 1 aliphatic heterocycles. The van der Waals surface area contributed by atoms with Crippen molar-refractivity contribution >= 4 is 19.1 Å². The van der Waals surface area contributed by atoms with Gasteiger partial charge in [0, 0.05) is 7.11 Å². The lowest BCUT2D eigenvalue weighted by Gasteiger charge is -2.61. The molecule has 0 aliphatic carbocycles. The fourth-order valence-corrected chi connectivity index (χ4v) is 7.07. The van der Waals surface area contributed by atoms with Crippen LogP contribution in [0.5, 0.6) is 0 Å². The smallest absolute Gasteiger partial charge is 0.282 e. The molecule has 0 N–H and O–H groups in total. The van der Waals surface area contributed by atoms with E-state index in [4.69, 9.17) is 13.9 Å². The maximum Gasteiger partial charge on any atom is 0.282 e. The quantitative estimate of drug-likeness (QED) is 0.424. The SMILES string of the molecule is CC[Si](CC)(CC)OC1(OC)OC(c2ccc3ccccc3c2)C1(C)C. The Balaban J connectivity index is 1.91. The van der Waals surface area contributed by atoms with Gasteiger partial charge in [-0.15, -0.1) is 0 Å². The minimum Gasteiger partial charge on any atom is -0.368 e. The third-order valence-electron chi connectivity index (χ3n) is 6.35. The number of methoxy groups -OCH3 is 1. The fraction of sp³-hybridized carbons (Fsp3) is 0.545. The minimum atomic E-state index is -1.86. The lowest BCUT2D eigenvalue weighted by molar-refractivity contribution is -0.499. The molecule has 3 nitrogen and oxygen atoms in total. The van der Waals surface area contributed by atoms with E-state index in [-0.39, 0.29) is 11.5 Å². The van der Waals surface area contributed by atoms with Gasteiger partial charge in [-0.1, -0.05) is 57.2 Å². The summed E-state index contributed by atoms with van der Waals surface area (Å²) in [7, 11) is -0.150. The number of ether oxygens (including phenoxy) is 2. The average molecular weight is 373 g/mol. The summed E-state index contributed by atoms with van der Waals surface area (Å²) in [6, 6.07) is 18.2. The van der Waals surface area contributed by atoms with Crippen LogP contribution in [-0.4, -0.2) is 21.4 Å². The van der Waals surface area contributed by atoms with Crippen LogP contribution >= 0.6 is 0 Å². The highest BCUT2D eigenvalue weighted by Gasteiger charge is 2.66. The summed E-state index contributed by atoms with van der Waals surface area (Å²) in [5.41, 5.74) is 0.920. The standard InChI is InChI=1S/C22H32O3Si/c1-7-26(8-2,9-3)25-22(23-6)21(4,5)20(24-22)19-15-14-17-12-10-11-13-18(17)16-19/h10-16,20H,7-9H2,1-6H3. The van der Waals surface area contributed by atoms with E-state index in [9.17, 15) is 0 Å². The van der Waals surface area contributed by atoms with Crippen LogP contribution in [0.15, 0.2) is 42.5 Å². The van der Waals surface area contributed by atoms with Crippen LogP contribution in [0.3, 0.4) is 0 Å². The summed E-state index contributed by atoms with van der Waals surface area (Å²) in [5.74, 6) is -0.947. The van der Waals surface area contributed by atoms with Gasteiger partial charge in [-0.3, -0.25) is 0 Å². The van der Waals surface area contributed by atoms with E-state index in [2.05, 4.69) is 77.1 Å². The van der Waals surface area contributed by atoms with Gasteiger partial charge in [-0.25, -0.2) is 0 Å². The number of hydrogen-bond acceptors (Lipinski definition) is 3. The van der Waals surface area contributed by atoms with Gasteiger partial charge in [0.05, 0.1) is 5.41 Å². The van der Waals surface area contributed by atoms with Crippen molar-refractivity contribution in [2.24, 2.45) is 5.41 Å². The van der Waals surface area contributed by atoms with Crippen LogP contribution in [0.4, 0.5) is 0 Å². The molecule has 142 valence electrons. The van der Waals surface area contributed by atoms with Gasteiger partial charge >= 0.3 is 0 Å². The summed E-state index contributed by atoms with van der Waals surface area (Å²) in [4.78, 5) is 0. The van der Waals surface area contributed by atoms with Crippen LogP contribution in [0.25, 0.3) is 10.8 Å². The second-order valence-corrected chi connectivity index (χ2v) is 12.6. The van der Waals surface area contributed by atoms with E-state index in [0.29, 0.717) is 0 Å². The first-order valence-corrected chi connectivity index (χ1v) is 12.3. The molecule has 4 heteroatoms. The van der Waals surface area contributed by atoms with Gasteiger partial charge in [0.25, 0.3) is 5.97 Å². The normalized spacial score (nSPS) is 25.2. The monoisotopic (exact) mass is 372 g/mol. The summed E-state index contributed by atoms with van der Waals surface area (Å²) in [5, 5.41) is 2.48. The lowest BCUT2D eigenvalue weighted by atomic mass is 9.74. The summed E-state index contributed by atoms with van der Waals surface area (Å²) in [6.45, 7) is 11.1. The average Bonchev–Trinajstić information content (AvgIpc) is 2.68. The molecule has 3 rings (SSSR count). The largest absolute Gasteiger partial charge is 0.368 e. The topological polar surface area (TPSA) is 27.7 Å². The zero-order valence-electron chi connectivity index (χ0n) is 17.0. The molecule has 0 amide bonds. The predicted octanol–water partition coefficient (Wildman–Crippen LogP) is 6.26. The van der Waals surface area contributed by atoms with Gasteiger partial charge < -0.3 is 13.9 Å². The Hall–Kier alpha value is -1.20. The predicted molar refractivity (Wildman–Crippen MR) is 110 cm³/mol. The molecular weight excluding hydrogens is 340 g/mol. The Labute approximate surface area is 158 Å². The molecule has 2 aromatic carbocycles. The molecule has 26 heavy (non-hydrogen) atoms. The molecule has 0 spiro atoms. The maximum atomic E-state index is 6.71. The molecule has 1 heterocycles. The molecule has 1 aliphatic rings. The van der Waals surface area contributed by atoms with Gasteiger partial charge in [0.15, 0.2) is 8.32 Å². The summed E-state index contributed by atoms with van der Waals surface area (Å²) < 4.78 is 19.0. The van der Waals surface area contributed by atoms with Crippen molar-refractivity contribution in [1.29, 1.82) is 0 Å². The first-order chi connectivity index (χ1) is 12.4. The van der Waals surface area contributed by atoms with Gasteiger partial charge in [0.2, 0.25) is 0 Å². The third-order valence-corrected chi connectivity index (χ3v) is 10.9. The first kappa shape index (κ1) is 19.6. The summed E-state index contributed by atoms with van der Waals surface area (Å²) in [6.07, 6.45) is -0.0377. The Morgan fingerprint density at radius 3 is 2.12 bits per heavy atom. The van der Waals surface area contributed by atoms with Gasteiger partial charge in [-0.05, 0) is 54.4 Å². The Morgan fingerprint density at radius 1 is 0.962 bits per heavy atom. The molecule has 2 atom stereocenters. The zero-order chi connectivity index (χ0) is 19.0. The van der Waals surface area contributed by atoms with Crippen molar-refractivity contribution in [3.63, 3.8) is 0 Å². The van der Waals surface area contributed by atoms with Crippen molar-refractivity contribution in [2.75, 3.05) is 7.11 Å². The lowest BCUT2D eigenvalue weighted by Crippen LogP contribution is -2.68. The van der Waals surface area contributed by atoms with Gasteiger partial charge in [0.1, 0.15) is 6.10 Å². The maximum absolute atomic E-state index is 6.71. The Bertz CT molecular complexity index is 761. The second kappa shape index (κ2) is 7.08. The molecule has 0 radical (unpaired) electrons. The van der Waals surface area contributed by atoms with Crippen molar-refractivity contribution < 1.29 is 13.9 Å². The number of fused-ring (bicyclic) bond motifs is 1. The Morgan fingerprint density at radius 2 is 1.58 bits per heavy atom. The van der Waals surface area contributed by atoms with Crippen LogP contribution in [0.2, 0.25) is 18.1 Å². The van der Waals surface area contributed by atoms with Crippen LogP contribution in [-0.2, 0) is 13.9 Å². The van der Waals surface area contributed by atoms with Crippen LogP contribution in [0.1, 0.15) is 46.3 Å². The minimum absolute atomic E-state index is 0.0377. The van der Waals surface area contributed by atoms with Crippen molar-refractivity contribution in [2.45, 2.75) is 64.8 Å². The molecule has 1 fully saturated rings. The van der Waals surface area contributed by atoms with E-state index in [1.54, 1.807) is 7.11 Å². The first-order valence-electron chi connectivity index (χ1n) is 9.79. The molecular formula is C22H32O3Si. The number of hydrogen-bond donors (Lipinski definition) is 0. The van der Waals surface area contributed by atoms with E-state index in [1.165, 1.54) is 16.3 Å². The molecule has 1 saturated heterocycles. The van der Waals surface area contributed by atoms with Crippen molar-refractivity contribution in [1.82, 2.24) is 0 Å². The molecule has 0 bridgehead atoms. The third kappa shape index (κ3) is 2.93. The molecule has 0 saturated carbocycles. The molecule has 2 aromatic rings. The molecule has 0 aromatic heterocycles. The van der Waals surface area contributed by atoms with E-state index in [0.717, 1.165) is 18.1 Å². The van der Waals surface area contributed by atoms with E-state index < -0.39 is 14.3 Å². The van der Waals surface area contributed by atoms with Gasteiger partial charge in [-0.2, -0.15) is 0 Å². The van der Waals surface area contributed by atoms with E-state index in [1.807, 2.05) is 0 Å². The van der Waals surface area contributed by atoms with E-state index >= 15 is 0 Å². The highest BCUT2D eigenvalue weighted by Crippen LogP contribution is 2.60. The highest BCUT2D eigenvalue weighted by atomic mass is 28.4. The van der Waals surface area contributed by atoms with Crippen molar-refractivity contribution in [3.8, 4) is 0 Å².